The lowest BCUT2D eigenvalue weighted by Gasteiger charge is -2.42. The Morgan fingerprint density at radius 2 is 1.50 bits per heavy atom. The second-order valence-electron chi connectivity index (χ2n) is 8.41. The number of likely N-dealkylation sites (N-methyl/N-ethyl adjacent to an activating group) is 1. The predicted molar refractivity (Wildman–Crippen MR) is 110 cm³/mol. The quantitative estimate of drug-likeness (QED) is 0.768. The van der Waals surface area contributed by atoms with Crippen LogP contribution in [0.2, 0.25) is 5.04 Å². The van der Waals surface area contributed by atoms with E-state index >= 15 is 0 Å². The largest absolute Gasteiger partial charge is 0.424 e. The van der Waals surface area contributed by atoms with Crippen LogP contribution in [0.3, 0.4) is 0 Å². The zero-order valence-corrected chi connectivity index (χ0v) is 17.1. The summed E-state index contributed by atoms with van der Waals surface area (Å²) < 4.78 is 0. The maximum atomic E-state index is 12.2. The second kappa shape index (κ2) is 7.65. The van der Waals surface area contributed by atoms with E-state index in [4.69, 9.17) is 0 Å². The van der Waals surface area contributed by atoms with Gasteiger partial charge in [-0.1, -0.05) is 74.5 Å². The molecule has 2 aromatic carbocycles. The Balaban J connectivity index is 1.96. The molecule has 0 aliphatic carbocycles. The van der Waals surface area contributed by atoms with Crippen molar-refractivity contribution in [1.82, 2.24) is 4.90 Å². The van der Waals surface area contributed by atoms with E-state index in [1.54, 1.807) is 0 Å². The Labute approximate surface area is 158 Å². The molecule has 1 saturated heterocycles. The highest BCUT2D eigenvalue weighted by atomic mass is 28.4. The molecule has 4 heteroatoms. The van der Waals surface area contributed by atoms with Gasteiger partial charge in [-0.15, -0.1) is 0 Å². The fourth-order valence-corrected chi connectivity index (χ4v) is 8.56. The van der Waals surface area contributed by atoms with Crippen LogP contribution in [-0.2, 0) is 0 Å². The van der Waals surface area contributed by atoms with Crippen molar-refractivity contribution in [3.8, 4) is 0 Å². The SMILES string of the molecule is CN1C[C@H](CC(C)(C)[Si](O)(c2ccccc2)c2ccccc2)C[C@H]1CO. The third-order valence-corrected chi connectivity index (χ3v) is 10.6. The number of nitrogens with zero attached hydrogens (tertiary/aromatic N) is 1. The highest BCUT2D eigenvalue weighted by Gasteiger charge is 2.51. The predicted octanol–water partition coefficient (Wildman–Crippen LogP) is 2.22. The molecular formula is C22H31NO2Si. The molecule has 1 aliphatic rings. The zero-order valence-electron chi connectivity index (χ0n) is 16.1. The van der Waals surface area contributed by atoms with Crippen molar-refractivity contribution in [3.05, 3.63) is 60.7 Å². The smallest absolute Gasteiger partial charge is 0.258 e. The first-order valence-corrected chi connectivity index (χ1v) is 11.5. The van der Waals surface area contributed by atoms with E-state index in [1.165, 1.54) is 0 Å². The van der Waals surface area contributed by atoms with Crippen LogP contribution in [0.4, 0.5) is 0 Å². The number of aliphatic hydroxyl groups excluding tert-OH is 1. The summed E-state index contributed by atoms with van der Waals surface area (Å²) in [4.78, 5) is 14.5. The molecule has 3 rings (SSSR count). The molecule has 0 saturated carbocycles. The molecule has 0 radical (unpaired) electrons. The maximum Gasteiger partial charge on any atom is 0.258 e. The first kappa shape index (κ1) is 19.3. The van der Waals surface area contributed by atoms with Gasteiger partial charge in [-0.3, -0.25) is 0 Å². The van der Waals surface area contributed by atoms with Crippen molar-refractivity contribution in [2.75, 3.05) is 20.2 Å². The lowest BCUT2D eigenvalue weighted by Crippen LogP contribution is -2.65. The van der Waals surface area contributed by atoms with Crippen LogP contribution in [-0.4, -0.2) is 49.4 Å². The van der Waals surface area contributed by atoms with Crippen molar-refractivity contribution in [1.29, 1.82) is 0 Å². The first-order chi connectivity index (χ1) is 12.4. The number of benzene rings is 2. The van der Waals surface area contributed by atoms with Gasteiger partial charge in [-0.05, 0) is 41.2 Å². The molecule has 26 heavy (non-hydrogen) atoms. The molecular weight excluding hydrogens is 338 g/mol. The van der Waals surface area contributed by atoms with Gasteiger partial charge < -0.3 is 14.8 Å². The Morgan fingerprint density at radius 3 is 1.92 bits per heavy atom. The van der Waals surface area contributed by atoms with Gasteiger partial charge in [0.15, 0.2) is 0 Å². The monoisotopic (exact) mass is 369 g/mol. The van der Waals surface area contributed by atoms with Gasteiger partial charge in [0.05, 0.1) is 6.61 Å². The van der Waals surface area contributed by atoms with Crippen LogP contribution in [0, 0.1) is 5.92 Å². The van der Waals surface area contributed by atoms with E-state index in [0.717, 1.165) is 29.8 Å². The van der Waals surface area contributed by atoms with E-state index in [0.29, 0.717) is 5.92 Å². The number of likely N-dealkylation sites (tertiary alicyclic amines) is 1. The van der Waals surface area contributed by atoms with Crippen molar-refractivity contribution in [3.63, 3.8) is 0 Å². The molecule has 2 atom stereocenters. The topological polar surface area (TPSA) is 43.7 Å². The van der Waals surface area contributed by atoms with Crippen LogP contribution < -0.4 is 10.4 Å². The summed E-state index contributed by atoms with van der Waals surface area (Å²) in [5, 5.41) is 11.5. The van der Waals surface area contributed by atoms with Crippen molar-refractivity contribution in [2.45, 2.75) is 37.8 Å². The van der Waals surface area contributed by atoms with Crippen molar-refractivity contribution < 1.29 is 9.90 Å². The molecule has 3 nitrogen and oxygen atoms in total. The fraction of sp³-hybridized carbons (Fsp3) is 0.455. The van der Waals surface area contributed by atoms with Gasteiger partial charge in [0.2, 0.25) is 0 Å². The van der Waals surface area contributed by atoms with Crippen LogP contribution in [0.25, 0.3) is 0 Å². The Morgan fingerprint density at radius 1 is 1.00 bits per heavy atom. The van der Waals surface area contributed by atoms with Crippen LogP contribution in [0.5, 0.6) is 0 Å². The minimum Gasteiger partial charge on any atom is -0.424 e. The van der Waals surface area contributed by atoms with Gasteiger partial charge in [-0.2, -0.15) is 0 Å². The maximum absolute atomic E-state index is 12.2. The summed E-state index contributed by atoms with van der Waals surface area (Å²) in [5.74, 6) is 0.499. The Kier molecular flexibility index (Phi) is 5.68. The third kappa shape index (κ3) is 3.51. The molecule has 0 aromatic heterocycles. The number of hydrogen-bond donors (Lipinski definition) is 2. The second-order valence-corrected chi connectivity index (χ2v) is 12.3. The average molecular weight is 370 g/mol. The zero-order chi connectivity index (χ0) is 18.8. The fourth-order valence-electron chi connectivity index (χ4n) is 4.73. The molecule has 2 N–H and O–H groups in total. The summed E-state index contributed by atoms with van der Waals surface area (Å²) in [6.07, 6.45) is 1.96. The van der Waals surface area contributed by atoms with E-state index in [9.17, 15) is 9.90 Å². The highest BCUT2D eigenvalue weighted by molar-refractivity contribution is 6.98. The Bertz CT molecular complexity index is 665. The lowest BCUT2D eigenvalue weighted by atomic mass is 9.94. The molecule has 0 bridgehead atoms. The van der Waals surface area contributed by atoms with Gasteiger partial charge in [0, 0.05) is 12.6 Å². The summed E-state index contributed by atoms with van der Waals surface area (Å²) in [7, 11) is -0.843. The third-order valence-electron chi connectivity index (χ3n) is 6.15. The molecule has 2 aromatic rings. The lowest BCUT2D eigenvalue weighted by molar-refractivity contribution is 0.182. The summed E-state index contributed by atoms with van der Waals surface area (Å²) in [6.45, 7) is 5.66. The molecule has 140 valence electrons. The van der Waals surface area contributed by atoms with Crippen LogP contribution in [0.1, 0.15) is 26.7 Å². The van der Waals surface area contributed by atoms with Gasteiger partial charge in [0.25, 0.3) is 8.32 Å². The van der Waals surface area contributed by atoms with E-state index < -0.39 is 8.32 Å². The molecule has 1 fully saturated rings. The highest BCUT2D eigenvalue weighted by Crippen LogP contribution is 2.44. The molecule has 0 unspecified atom stereocenters. The Hall–Kier alpha value is -1.46. The standard InChI is InChI=1S/C22H31NO2Si/c1-22(2,15-18-14-19(17-24)23(3)16-18)26(25,20-10-6-4-7-11-20)21-12-8-5-9-13-21/h4-13,18-19,24-25H,14-17H2,1-3H3/t18-,19-/m0/s1. The summed E-state index contributed by atoms with van der Waals surface area (Å²) >= 11 is 0. The number of aliphatic hydroxyl groups is 1. The average Bonchev–Trinajstić information content (AvgIpc) is 3.00. The van der Waals surface area contributed by atoms with E-state index in [2.05, 4.69) is 50.1 Å². The molecule has 1 heterocycles. The summed E-state index contributed by atoms with van der Waals surface area (Å²) in [6, 6.07) is 20.7. The van der Waals surface area contributed by atoms with Crippen molar-refractivity contribution in [2.24, 2.45) is 5.92 Å². The molecule has 0 spiro atoms. The number of hydrogen-bond acceptors (Lipinski definition) is 3. The number of rotatable bonds is 6. The minimum atomic E-state index is -2.93. The van der Waals surface area contributed by atoms with Gasteiger partial charge >= 0.3 is 0 Å². The van der Waals surface area contributed by atoms with Gasteiger partial charge in [0.1, 0.15) is 0 Å². The van der Waals surface area contributed by atoms with Crippen LogP contribution >= 0.6 is 0 Å². The normalized spacial score (nSPS) is 21.9. The summed E-state index contributed by atoms with van der Waals surface area (Å²) in [5.41, 5.74) is 0. The van der Waals surface area contributed by atoms with Crippen molar-refractivity contribution >= 4 is 18.7 Å². The van der Waals surface area contributed by atoms with Gasteiger partial charge in [-0.25, -0.2) is 0 Å². The van der Waals surface area contributed by atoms with Crippen LogP contribution in [0.15, 0.2) is 60.7 Å². The van der Waals surface area contributed by atoms with E-state index in [-0.39, 0.29) is 17.7 Å². The van der Waals surface area contributed by atoms with E-state index in [1.807, 2.05) is 36.4 Å². The minimum absolute atomic E-state index is 0.215. The molecule has 0 amide bonds. The molecule has 1 aliphatic heterocycles. The first-order valence-electron chi connectivity index (χ1n) is 9.53.